The normalized spacial score (nSPS) is 14.7. The number of esters is 4. The number of aliphatic hydroxyl groups excluding tert-OH is 1. The van der Waals surface area contributed by atoms with Crippen molar-refractivity contribution in [3.8, 4) is 0 Å². The van der Waals surface area contributed by atoms with Gasteiger partial charge in [-0.2, -0.15) is 0 Å². The van der Waals surface area contributed by atoms with Crippen LogP contribution in [-0.4, -0.2) is 96.7 Å². The fourth-order valence-corrected chi connectivity index (χ4v) is 12.0. The van der Waals surface area contributed by atoms with Crippen LogP contribution in [0.5, 0.6) is 0 Å². The molecule has 0 saturated carbocycles. The number of carbonyl (C=O) groups excluding carboxylic acids is 4. The van der Waals surface area contributed by atoms with Gasteiger partial charge in [-0.15, -0.1) is 0 Å². The number of allylic oxidation sites excluding steroid dienone is 26. The quantitative estimate of drug-likeness (QED) is 0.0169. The average Bonchev–Trinajstić information content (AvgIpc) is 0.907. The first kappa shape index (κ1) is 101. The van der Waals surface area contributed by atoms with Crippen molar-refractivity contribution in [1.82, 2.24) is 0 Å². The van der Waals surface area contributed by atoms with Crippen molar-refractivity contribution in [3.63, 3.8) is 0 Å². The third-order valence-electron chi connectivity index (χ3n) is 16.4. The van der Waals surface area contributed by atoms with Gasteiger partial charge in [0.15, 0.2) is 12.2 Å². The molecule has 0 aromatic heterocycles. The third-order valence-corrected chi connectivity index (χ3v) is 18.4. The number of aliphatic hydroxyl groups is 1. The minimum Gasteiger partial charge on any atom is -0.462 e. The Morgan fingerprint density at radius 1 is 0.274 bits per heavy atom. The number of unbranched alkanes of at least 4 members (excludes halogenated alkanes) is 23. The Morgan fingerprint density at radius 3 is 0.755 bits per heavy atom. The molecule has 0 aromatic rings. The zero-order chi connectivity index (χ0) is 77.4. The topological polar surface area (TPSA) is 237 Å². The van der Waals surface area contributed by atoms with E-state index in [1.807, 2.05) is 0 Å². The summed E-state index contributed by atoms with van der Waals surface area (Å²) in [6.45, 7) is 4.41. The van der Waals surface area contributed by atoms with Crippen molar-refractivity contribution in [3.05, 3.63) is 158 Å². The molecule has 106 heavy (non-hydrogen) atoms. The van der Waals surface area contributed by atoms with Crippen LogP contribution in [0.25, 0.3) is 0 Å². The first-order chi connectivity index (χ1) is 51.7. The Labute approximate surface area is 642 Å². The predicted molar refractivity (Wildman–Crippen MR) is 436 cm³/mol. The van der Waals surface area contributed by atoms with E-state index in [2.05, 4.69) is 186 Å². The lowest BCUT2D eigenvalue weighted by molar-refractivity contribution is -0.161. The Hall–Kier alpha value is -5.32. The summed E-state index contributed by atoms with van der Waals surface area (Å²) in [6, 6.07) is 0. The highest BCUT2D eigenvalue weighted by molar-refractivity contribution is 7.47. The molecule has 0 heterocycles. The largest absolute Gasteiger partial charge is 0.472 e. The van der Waals surface area contributed by atoms with Crippen LogP contribution in [0.3, 0.4) is 0 Å². The zero-order valence-corrected chi connectivity index (χ0v) is 67.8. The standard InChI is InChI=1S/C87H144O17P2/c1-5-9-13-17-21-25-29-33-36-39-40-43-45-49-52-56-60-64-68-72-85(90)98-78-83(104-87(92)74-70-66-62-58-54-50-46-42-38-35-31-27-23-19-15-11-7-3)80-102-106(95,96)100-76-81(88)75-99-105(93,94)101-79-82(103-86(91)73-69-65-61-57-53-47-32-28-24-20-16-12-8-4)77-97-84(89)71-67-63-59-55-51-48-44-41-37-34-30-26-22-18-14-10-6-2/h9-11,13-16,20-23,25-28,32-38,40,43-44,48,81-83,88H,5-8,12,17-19,24,29-31,39,41-42,45-47,49-80H2,1-4H3,(H,93,94)(H,95,96)/b13-9-,14-10-,15-11-,20-16-,25-21-,26-22-,27-23-,32-28-,36-33-,37-34-,38-35-,43-40-,48-44-. The summed E-state index contributed by atoms with van der Waals surface area (Å²) < 4.78 is 68.7. The first-order valence-electron chi connectivity index (χ1n) is 40.7. The molecule has 604 valence electrons. The molecular weight excluding hydrogens is 1380 g/mol. The molecule has 0 aliphatic carbocycles. The van der Waals surface area contributed by atoms with Crippen molar-refractivity contribution >= 4 is 39.5 Å². The second-order valence-corrected chi connectivity index (χ2v) is 29.5. The number of hydrogen-bond donors (Lipinski definition) is 3. The van der Waals surface area contributed by atoms with E-state index in [1.165, 1.54) is 0 Å². The van der Waals surface area contributed by atoms with Gasteiger partial charge in [-0.05, 0) is 161 Å². The van der Waals surface area contributed by atoms with Gasteiger partial charge in [0.05, 0.1) is 26.4 Å². The van der Waals surface area contributed by atoms with Gasteiger partial charge in [0.2, 0.25) is 0 Å². The zero-order valence-electron chi connectivity index (χ0n) is 66.1. The number of hydrogen-bond acceptors (Lipinski definition) is 15. The van der Waals surface area contributed by atoms with E-state index in [0.29, 0.717) is 25.7 Å². The molecule has 0 bridgehead atoms. The summed E-state index contributed by atoms with van der Waals surface area (Å²) in [5, 5.41) is 10.7. The molecule has 5 unspecified atom stereocenters. The van der Waals surface area contributed by atoms with Crippen molar-refractivity contribution in [2.75, 3.05) is 39.6 Å². The Kier molecular flexibility index (Phi) is 73.9. The van der Waals surface area contributed by atoms with Crippen LogP contribution in [0.15, 0.2) is 158 Å². The van der Waals surface area contributed by atoms with Crippen molar-refractivity contribution in [2.24, 2.45) is 0 Å². The van der Waals surface area contributed by atoms with Crippen LogP contribution in [0.1, 0.15) is 310 Å². The first-order valence-corrected chi connectivity index (χ1v) is 43.7. The molecule has 0 aromatic carbocycles. The number of phosphoric ester groups is 2. The Morgan fingerprint density at radius 2 is 0.491 bits per heavy atom. The highest BCUT2D eigenvalue weighted by atomic mass is 31.2. The van der Waals surface area contributed by atoms with Crippen LogP contribution >= 0.6 is 15.6 Å². The fraction of sp³-hybridized carbons (Fsp3) is 0.655. The molecule has 17 nitrogen and oxygen atoms in total. The fourth-order valence-electron chi connectivity index (χ4n) is 10.4. The van der Waals surface area contributed by atoms with E-state index in [4.69, 9.17) is 37.0 Å². The third kappa shape index (κ3) is 76.9. The van der Waals surface area contributed by atoms with E-state index in [9.17, 15) is 43.2 Å². The van der Waals surface area contributed by atoms with Crippen molar-refractivity contribution in [1.29, 1.82) is 0 Å². The summed E-state index contributed by atoms with van der Waals surface area (Å²) in [5.74, 6) is -2.25. The smallest absolute Gasteiger partial charge is 0.462 e. The van der Waals surface area contributed by atoms with Crippen LogP contribution in [0, 0.1) is 0 Å². The molecule has 0 rings (SSSR count). The van der Waals surface area contributed by atoms with Crippen molar-refractivity contribution in [2.45, 2.75) is 329 Å². The van der Waals surface area contributed by atoms with Gasteiger partial charge in [0, 0.05) is 25.7 Å². The molecule has 0 spiro atoms. The second kappa shape index (κ2) is 77.8. The van der Waals surface area contributed by atoms with Gasteiger partial charge in [0.25, 0.3) is 0 Å². The number of rotatable bonds is 75. The maximum atomic E-state index is 13.1. The van der Waals surface area contributed by atoms with Crippen LogP contribution < -0.4 is 0 Å². The second-order valence-electron chi connectivity index (χ2n) is 26.6. The molecule has 0 amide bonds. The maximum absolute atomic E-state index is 13.1. The van der Waals surface area contributed by atoms with Gasteiger partial charge in [-0.3, -0.25) is 37.3 Å². The van der Waals surface area contributed by atoms with E-state index < -0.39 is 97.5 Å². The molecule has 3 N–H and O–H groups in total. The lowest BCUT2D eigenvalue weighted by atomic mass is 10.1. The molecule has 0 aliphatic heterocycles. The van der Waals surface area contributed by atoms with Crippen LogP contribution in [0.2, 0.25) is 0 Å². The summed E-state index contributed by atoms with van der Waals surface area (Å²) in [6.07, 6.45) is 90.7. The van der Waals surface area contributed by atoms with Crippen molar-refractivity contribution < 1.29 is 80.2 Å². The molecule has 0 aliphatic rings. The lowest BCUT2D eigenvalue weighted by Crippen LogP contribution is -2.30. The monoisotopic (exact) mass is 1520 g/mol. The average molecular weight is 1520 g/mol. The number of carbonyl (C=O) groups is 4. The van der Waals surface area contributed by atoms with Gasteiger partial charge in [-0.1, -0.05) is 282 Å². The summed E-state index contributed by atoms with van der Waals surface area (Å²) in [5.41, 5.74) is 0. The van der Waals surface area contributed by atoms with Gasteiger partial charge in [-0.25, -0.2) is 9.13 Å². The van der Waals surface area contributed by atoms with Crippen LogP contribution in [0.4, 0.5) is 0 Å². The van der Waals surface area contributed by atoms with E-state index in [0.717, 1.165) is 231 Å². The van der Waals surface area contributed by atoms with E-state index in [-0.39, 0.29) is 25.7 Å². The minimum absolute atomic E-state index is 0.0684. The summed E-state index contributed by atoms with van der Waals surface area (Å²) >= 11 is 0. The molecular formula is C87H144O17P2. The minimum atomic E-state index is -4.99. The highest BCUT2D eigenvalue weighted by Gasteiger charge is 2.30. The molecule has 5 atom stereocenters. The molecule has 19 heteroatoms. The molecule has 0 saturated heterocycles. The van der Waals surface area contributed by atoms with E-state index in [1.54, 1.807) is 0 Å². The summed E-state index contributed by atoms with van der Waals surface area (Å²) in [4.78, 5) is 73.1. The van der Waals surface area contributed by atoms with Gasteiger partial charge >= 0.3 is 39.5 Å². The Balaban J connectivity index is 5.41. The maximum Gasteiger partial charge on any atom is 0.472 e. The Bertz CT molecular complexity index is 2630. The number of ether oxygens (including phenoxy) is 4. The predicted octanol–water partition coefficient (Wildman–Crippen LogP) is 24.0. The van der Waals surface area contributed by atoms with Gasteiger partial charge in [0.1, 0.15) is 19.3 Å². The molecule has 0 radical (unpaired) electrons. The SMILES string of the molecule is CC/C=C\C/C=C\C/C=C\C/C=C\CCCCCCCCC(=O)OCC(COP(=O)(O)OCC(O)COP(=O)(O)OCC(COC(=O)CCCCCC/C=C\C/C=C\C/C=C\C/C=C\CC)OC(=O)CCCCCCC/C=C\C/C=C\CCC)OC(=O)CCCCCCCCC/C=C\C/C=C\C/C=C\CC. The van der Waals surface area contributed by atoms with Gasteiger partial charge < -0.3 is 33.8 Å². The summed E-state index contributed by atoms with van der Waals surface area (Å²) in [7, 11) is -9.99. The van der Waals surface area contributed by atoms with Crippen LogP contribution in [-0.2, 0) is 65.4 Å². The van der Waals surface area contributed by atoms with E-state index >= 15 is 0 Å². The lowest BCUT2D eigenvalue weighted by Gasteiger charge is -2.21. The molecule has 0 fully saturated rings. The number of phosphoric acid groups is 2. The highest BCUT2D eigenvalue weighted by Crippen LogP contribution is 2.45.